The molecule has 15 heteroatoms. The van der Waals surface area contributed by atoms with Crippen LogP contribution in [0, 0.1) is 6.92 Å². The van der Waals surface area contributed by atoms with E-state index < -0.39 is 41.4 Å². The minimum atomic E-state index is -2.60. The van der Waals surface area contributed by atoms with Gasteiger partial charge in [-0.3, -0.25) is 30.2 Å². The zero-order chi connectivity index (χ0) is 30.0. The molecule has 0 bridgehead atoms. The zero-order valence-electron chi connectivity index (χ0n) is 23.5. The van der Waals surface area contributed by atoms with Crippen LogP contribution in [0.1, 0.15) is 52.4 Å². The van der Waals surface area contributed by atoms with Crippen LogP contribution in [0.2, 0.25) is 0 Å². The van der Waals surface area contributed by atoms with Crippen LogP contribution in [-0.4, -0.2) is 98.1 Å². The molecule has 10 N–H and O–H groups in total. The Balaban J connectivity index is 1.26. The van der Waals surface area contributed by atoms with E-state index >= 15 is 0 Å². The number of amides is 2. The summed E-state index contributed by atoms with van der Waals surface area (Å²) in [6.07, 6.45) is 3.68. The van der Waals surface area contributed by atoms with Crippen molar-refractivity contribution in [3.05, 3.63) is 53.1 Å². The van der Waals surface area contributed by atoms with E-state index in [0.29, 0.717) is 23.6 Å². The van der Waals surface area contributed by atoms with Crippen LogP contribution in [0.3, 0.4) is 0 Å². The Hall–Kier alpha value is -4.50. The minimum Gasteiger partial charge on any atom is -0.492 e. The molecule has 42 heavy (non-hydrogen) atoms. The molecule has 0 aliphatic carbocycles. The quantitative estimate of drug-likeness (QED) is 0.160. The van der Waals surface area contributed by atoms with E-state index in [2.05, 4.69) is 49.8 Å². The molecule has 1 unspecified atom stereocenters. The lowest BCUT2D eigenvalue weighted by Crippen LogP contribution is -2.90. The van der Waals surface area contributed by atoms with Gasteiger partial charge in [0.15, 0.2) is 12.0 Å². The normalized spacial score (nSPS) is 28.2. The molecular formula is C27H35N10O5+. The fourth-order valence-corrected chi connectivity index (χ4v) is 6.38. The number of benzene rings is 1. The molecule has 4 aliphatic rings. The topological polar surface area (TPSA) is 227 Å². The average Bonchev–Trinajstić information content (AvgIpc) is 3.40. The molecule has 222 valence electrons. The third-order valence-electron chi connectivity index (χ3n) is 8.61. The first kappa shape index (κ1) is 27.7. The van der Waals surface area contributed by atoms with E-state index in [0.717, 1.165) is 12.0 Å². The van der Waals surface area contributed by atoms with Crippen molar-refractivity contribution in [1.29, 1.82) is 0 Å². The zero-order valence-corrected chi connectivity index (χ0v) is 23.5. The highest BCUT2D eigenvalue weighted by molar-refractivity contribution is 5.98. The Labute approximate surface area is 241 Å². The van der Waals surface area contributed by atoms with Gasteiger partial charge in [-0.15, -0.1) is 0 Å². The number of aliphatic hydroxyl groups is 2. The molecule has 4 aliphatic heterocycles. The smallest absolute Gasteiger partial charge is 0.343 e. The number of guanidine groups is 2. The van der Waals surface area contributed by atoms with Crippen LogP contribution in [0.15, 0.2) is 35.6 Å². The second kappa shape index (κ2) is 9.52. The van der Waals surface area contributed by atoms with E-state index in [-0.39, 0.29) is 36.1 Å². The van der Waals surface area contributed by atoms with Crippen molar-refractivity contribution in [3.8, 4) is 5.75 Å². The Bertz CT molecular complexity index is 1520. The number of nitrogens with one attached hydrogen (secondary N) is 4. The predicted octanol–water partition coefficient (Wildman–Crippen LogP) is -3.87. The summed E-state index contributed by atoms with van der Waals surface area (Å²) in [6, 6.07) is 2.50. The summed E-state index contributed by atoms with van der Waals surface area (Å²) in [5.74, 6) is -3.09. The van der Waals surface area contributed by atoms with Crippen LogP contribution >= 0.6 is 0 Å². The number of carbonyl (C=O) groups is 2. The number of rotatable bonds is 5. The number of carbonyl (C=O) groups excluding carboxylic acids is 2. The van der Waals surface area contributed by atoms with Crippen LogP contribution in [0.4, 0.5) is 0 Å². The number of nitrogens with two attached hydrogens (primary N) is 2. The van der Waals surface area contributed by atoms with Gasteiger partial charge in [0.1, 0.15) is 23.5 Å². The van der Waals surface area contributed by atoms with Crippen molar-refractivity contribution in [3.63, 3.8) is 0 Å². The molecule has 1 aromatic heterocycles. The fraction of sp³-hybridized carbons (Fsp3) is 0.481. The summed E-state index contributed by atoms with van der Waals surface area (Å²) >= 11 is 0. The van der Waals surface area contributed by atoms with Crippen LogP contribution in [0.5, 0.6) is 5.75 Å². The molecule has 6 rings (SSSR count). The maximum Gasteiger partial charge on any atom is 0.343 e. The van der Waals surface area contributed by atoms with Gasteiger partial charge in [0.05, 0.1) is 30.6 Å². The standard InChI is InChI=1S/C27H34N10O5/c1-13-9-30-10-17(32-13)22(39)31-11-16-20-26(36-23(28)35-20)27(40,41)18(12-37(26)24(29)33-16)34-21(38)14-5-4-6-15-19(14)42-8-7-25(15,2)3/h4-6,9-10,16,18,20,40-41H,7-8,11-12H2,1-3H3,(H2,29,33)(H,31,39)(H,34,38)(H3,28,35,36)/p+1/t16-,18?,20-,26-/m0/s1. The first-order valence-corrected chi connectivity index (χ1v) is 13.7. The van der Waals surface area contributed by atoms with Gasteiger partial charge in [-0.25, -0.2) is 15.3 Å². The molecule has 15 nitrogen and oxygen atoms in total. The van der Waals surface area contributed by atoms with Crippen molar-refractivity contribution in [2.24, 2.45) is 16.5 Å². The monoisotopic (exact) mass is 579 g/mol. The largest absolute Gasteiger partial charge is 0.492 e. The summed E-state index contributed by atoms with van der Waals surface area (Å²) in [4.78, 5) is 43.5. The number of para-hydroxylation sites is 1. The first-order valence-electron chi connectivity index (χ1n) is 13.7. The molecule has 2 amide bonds. The van der Waals surface area contributed by atoms with Gasteiger partial charge < -0.3 is 31.3 Å². The van der Waals surface area contributed by atoms with Crippen LogP contribution < -0.4 is 37.1 Å². The van der Waals surface area contributed by atoms with E-state index in [1.807, 2.05) is 6.07 Å². The van der Waals surface area contributed by atoms with E-state index in [4.69, 9.17) is 16.2 Å². The fourth-order valence-electron chi connectivity index (χ4n) is 6.38. The van der Waals surface area contributed by atoms with Crippen molar-refractivity contribution in [2.45, 2.75) is 62.2 Å². The summed E-state index contributed by atoms with van der Waals surface area (Å²) in [7, 11) is 0. The molecule has 4 atom stereocenters. The number of aromatic nitrogens is 2. The third-order valence-corrected chi connectivity index (χ3v) is 8.61. The molecule has 5 heterocycles. The SMILES string of the molecule is Cc1cncc(C(=O)NC[C@@H]2N=C(N)N3CC(NC(=O)c4cccc5c4OCCC5(C)C)C(O)(O)[C@@]34NC(N)=[NH+][C@@H]24)n1. The van der Waals surface area contributed by atoms with Gasteiger partial charge in [-0.05, 0) is 24.8 Å². The van der Waals surface area contributed by atoms with E-state index in [9.17, 15) is 19.8 Å². The number of hydrogen-bond acceptors (Lipinski definition) is 12. The molecule has 1 aromatic carbocycles. The highest BCUT2D eigenvalue weighted by Crippen LogP contribution is 2.43. The van der Waals surface area contributed by atoms with E-state index in [1.54, 1.807) is 19.1 Å². The molecule has 1 saturated heterocycles. The number of aryl methyl sites for hydroxylation is 1. The molecule has 0 radical (unpaired) electrons. The maximum atomic E-state index is 13.6. The van der Waals surface area contributed by atoms with Crippen molar-refractivity contribution in [2.75, 3.05) is 19.7 Å². The van der Waals surface area contributed by atoms with Gasteiger partial charge >= 0.3 is 5.96 Å². The molecular weight excluding hydrogens is 544 g/mol. The van der Waals surface area contributed by atoms with Gasteiger partial charge in [0, 0.05) is 18.3 Å². The number of ether oxygens (including phenoxy) is 1. The first-order chi connectivity index (χ1) is 19.8. The number of nitrogens with zero attached hydrogens (tertiary/aromatic N) is 4. The lowest BCUT2D eigenvalue weighted by atomic mass is 9.79. The number of fused-ring (bicyclic) bond motifs is 1. The van der Waals surface area contributed by atoms with Gasteiger partial charge in [-0.2, -0.15) is 0 Å². The Morgan fingerprint density at radius 1 is 1.24 bits per heavy atom. The molecule has 1 fully saturated rings. The summed E-state index contributed by atoms with van der Waals surface area (Å²) in [6.45, 7) is 6.23. The van der Waals surface area contributed by atoms with Gasteiger partial charge in [0.2, 0.25) is 5.79 Å². The number of hydrogen-bond donors (Lipinski definition) is 8. The highest BCUT2D eigenvalue weighted by Gasteiger charge is 2.76. The van der Waals surface area contributed by atoms with Gasteiger partial charge in [-0.1, -0.05) is 26.0 Å². The average molecular weight is 580 g/mol. The summed E-state index contributed by atoms with van der Waals surface area (Å²) in [5.41, 5.74) is 12.5. The molecule has 0 saturated carbocycles. The summed E-state index contributed by atoms with van der Waals surface area (Å²) in [5, 5.41) is 32.0. The summed E-state index contributed by atoms with van der Waals surface area (Å²) < 4.78 is 5.90. The van der Waals surface area contributed by atoms with E-state index in [1.165, 1.54) is 17.3 Å². The Morgan fingerprint density at radius 2 is 2.02 bits per heavy atom. The Kier molecular flexibility index (Phi) is 6.27. The van der Waals surface area contributed by atoms with Gasteiger partial charge in [0.25, 0.3) is 17.5 Å². The van der Waals surface area contributed by atoms with Crippen molar-refractivity contribution >= 4 is 23.7 Å². The second-order valence-electron chi connectivity index (χ2n) is 11.8. The van der Waals surface area contributed by atoms with Crippen molar-refractivity contribution in [1.82, 2.24) is 30.8 Å². The van der Waals surface area contributed by atoms with Crippen LogP contribution in [-0.2, 0) is 5.41 Å². The lowest BCUT2D eigenvalue weighted by molar-refractivity contribution is -0.521. The third kappa shape index (κ3) is 4.10. The second-order valence-corrected chi connectivity index (χ2v) is 11.8. The molecule has 1 spiro atoms. The highest BCUT2D eigenvalue weighted by atomic mass is 16.5. The Morgan fingerprint density at radius 3 is 2.79 bits per heavy atom. The number of aliphatic imine (C=N–C) groups is 1. The van der Waals surface area contributed by atoms with Crippen LogP contribution in [0.25, 0.3) is 0 Å². The molecule has 2 aromatic rings. The van der Waals surface area contributed by atoms with Crippen molar-refractivity contribution < 1.29 is 29.5 Å². The predicted molar refractivity (Wildman–Crippen MR) is 149 cm³/mol. The minimum absolute atomic E-state index is 0.0174. The lowest BCUT2D eigenvalue weighted by Gasteiger charge is -2.46. The maximum absolute atomic E-state index is 13.6.